The van der Waals surface area contributed by atoms with Crippen molar-refractivity contribution in [1.82, 2.24) is 9.55 Å². The van der Waals surface area contributed by atoms with Crippen LogP contribution in [-0.4, -0.2) is 26.0 Å². The summed E-state index contributed by atoms with van der Waals surface area (Å²) >= 11 is 6.99. The predicted octanol–water partition coefficient (Wildman–Crippen LogP) is 3.01. The van der Waals surface area contributed by atoms with E-state index >= 15 is 0 Å². The molecular formula is C14H19N3S2. The molecule has 2 rings (SSSR count). The summed E-state index contributed by atoms with van der Waals surface area (Å²) in [5, 5.41) is 0. The molecule has 0 aliphatic heterocycles. The van der Waals surface area contributed by atoms with Crippen molar-refractivity contribution in [2.45, 2.75) is 26.3 Å². The van der Waals surface area contributed by atoms with Gasteiger partial charge in [-0.15, -0.1) is 0 Å². The van der Waals surface area contributed by atoms with E-state index in [9.17, 15) is 0 Å². The topological polar surface area (TPSA) is 43.8 Å². The number of aromatic nitrogens is 2. The summed E-state index contributed by atoms with van der Waals surface area (Å²) in [4.78, 5) is 5.14. The van der Waals surface area contributed by atoms with Gasteiger partial charge in [-0.2, -0.15) is 11.8 Å². The van der Waals surface area contributed by atoms with Crippen molar-refractivity contribution >= 4 is 40.0 Å². The minimum Gasteiger partial charge on any atom is -0.393 e. The van der Waals surface area contributed by atoms with Crippen LogP contribution in [0.3, 0.4) is 0 Å². The van der Waals surface area contributed by atoms with Gasteiger partial charge in [-0.25, -0.2) is 4.98 Å². The third kappa shape index (κ3) is 3.70. The molecule has 0 fully saturated rings. The average Bonchev–Trinajstić information content (AvgIpc) is 2.72. The highest BCUT2D eigenvalue weighted by atomic mass is 32.2. The van der Waals surface area contributed by atoms with Gasteiger partial charge >= 0.3 is 0 Å². The molecular weight excluding hydrogens is 274 g/mol. The summed E-state index contributed by atoms with van der Waals surface area (Å²) in [7, 11) is 0. The number of para-hydroxylation sites is 2. The van der Waals surface area contributed by atoms with E-state index in [1.807, 2.05) is 30.0 Å². The van der Waals surface area contributed by atoms with Crippen LogP contribution < -0.4 is 5.73 Å². The van der Waals surface area contributed by atoms with Crippen LogP contribution in [0.1, 0.15) is 19.2 Å². The lowest BCUT2D eigenvalue weighted by atomic mass is 10.3. The van der Waals surface area contributed by atoms with Crippen molar-refractivity contribution in [2.24, 2.45) is 5.73 Å². The maximum atomic E-state index is 5.67. The third-order valence-corrected chi connectivity index (χ3v) is 4.07. The van der Waals surface area contributed by atoms with Crippen molar-refractivity contribution in [3.63, 3.8) is 0 Å². The first-order valence-corrected chi connectivity index (χ1v) is 8.09. The van der Waals surface area contributed by atoms with Crippen molar-refractivity contribution in [3.8, 4) is 0 Å². The highest BCUT2D eigenvalue weighted by Gasteiger charge is 2.10. The number of hydrogen-bond donors (Lipinski definition) is 1. The van der Waals surface area contributed by atoms with E-state index in [2.05, 4.69) is 22.5 Å². The molecule has 0 aliphatic rings. The lowest BCUT2D eigenvalue weighted by Gasteiger charge is -2.08. The smallest absolute Gasteiger partial charge is 0.116 e. The summed E-state index contributed by atoms with van der Waals surface area (Å²) in [5.41, 5.74) is 7.87. The Kier molecular flexibility index (Phi) is 5.22. The molecule has 0 unspecified atom stereocenters. The molecule has 0 radical (unpaired) electrons. The fourth-order valence-electron chi connectivity index (χ4n) is 2.13. The van der Waals surface area contributed by atoms with Crippen molar-refractivity contribution in [2.75, 3.05) is 11.5 Å². The second kappa shape index (κ2) is 6.91. The van der Waals surface area contributed by atoms with E-state index in [0.29, 0.717) is 11.4 Å². The quantitative estimate of drug-likeness (QED) is 0.629. The first kappa shape index (κ1) is 14.3. The number of fused-ring (bicyclic) bond motifs is 1. The van der Waals surface area contributed by atoms with E-state index in [1.165, 1.54) is 17.0 Å². The minimum absolute atomic E-state index is 0.500. The summed E-state index contributed by atoms with van der Waals surface area (Å²) in [6.07, 6.45) is 1.72. The summed E-state index contributed by atoms with van der Waals surface area (Å²) in [6.45, 7) is 3.17. The summed E-state index contributed by atoms with van der Waals surface area (Å²) in [6, 6.07) is 8.21. The molecule has 0 bridgehead atoms. The van der Waals surface area contributed by atoms with Gasteiger partial charge in [0.2, 0.25) is 0 Å². The molecule has 3 nitrogen and oxygen atoms in total. The van der Waals surface area contributed by atoms with Gasteiger partial charge in [0.1, 0.15) is 5.82 Å². The first-order valence-electron chi connectivity index (χ1n) is 6.52. The van der Waals surface area contributed by atoms with E-state index < -0.39 is 0 Å². The van der Waals surface area contributed by atoms with E-state index in [1.54, 1.807) is 0 Å². The molecule has 0 atom stereocenters. The maximum Gasteiger partial charge on any atom is 0.116 e. The standard InChI is InChI=1S/C14H19N3S2/c1-2-19-9-5-8-17-12-7-4-3-6-11(12)16-14(17)10-13(15)18/h3-4,6-7H,2,5,8-10H2,1H3,(H2,15,18). The molecule has 1 aromatic heterocycles. The van der Waals surface area contributed by atoms with Crippen LogP contribution in [0.2, 0.25) is 0 Å². The van der Waals surface area contributed by atoms with Gasteiger partial charge in [0.05, 0.1) is 22.4 Å². The Hall–Kier alpha value is -1.07. The van der Waals surface area contributed by atoms with Crippen LogP contribution in [0.15, 0.2) is 24.3 Å². The largest absolute Gasteiger partial charge is 0.393 e. The third-order valence-electron chi connectivity index (χ3n) is 2.94. The van der Waals surface area contributed by atoms with E-state index in [0.717, 1.165) is 24.3 Å². The van der Waals surface area contributed by atoms with Gasteiger partial charge < -0.3 is 10.3 Å². The molecule has 0 aliphatic carbocycles. The van der Waals surface area contributed by atoms with E-state index in [-0.39, 0.29) is 0 Å². The first-order chi connectivity index (χ1) is 9.22. The van der Waals surface area contributed by atoms with Crippen molar-refractivity contribution in [1.29, 1.82) is 0 Å². The normalized spacial score (nSPS) is 11.0. The highest BCUT2D eigenvalue weighted by molar-refractivity contribution is 7.99. The number of benzene rings is 1. The lowest BCUT2D eigenvalue weighted by molar-refractivity contribution is 0.674. The molecule has 0 spiro atoms. The number of nitrogens with two attached hydrogens (primary N) is 1. The SMILES string of the molecule is CCSCCCn1c(CC(N)=S)nc2ccccc21. The molecule has 1 aromatic carbocycles. The van der Waals surface area contributed by atoms with Gasteiger partial charge in [0.15, 0.2) is 0 Å². The second-order valence-corrected chi connectivity index (χ2v) is 6.28. The Morgan fingerprint density at radius 1 is 1.42 bits per heavy atom. The molecule has 2 N–H and O–H groups in total. The van der Waals surface area contributed by atoms with Crippen molar-refractivity contribution in [3.05, 3.63) is 30.1 Å². The fraction of sp³-hybridized carbons (Fsp3) is 0.429. The van der Waals surface area contributed by atoms with Gasteiger partial charge in [0.25, 0.3) is 0 Å². The summed E-state index contributed by atoms with van der Waals surface area (Å²) < 4.78 is 2.25. The molecule has 0 saturated carbocycles. The van der Waals surface area contributed by atoms with Crippen LogP contribution in [0.5, 0.6) is 0 Å². The van der Waals surface area contributed by atoms with Crippen LogP contribution >= 0.6 is 24.0 Å². The van der Waals surface area contributed by atoms with Gasteiger partial charge in [0, 0.05) is 6.54 Å². The maximum absolute atomic E-state index is 5.67. The Morgan fingerprint density at radius 2 is 2.21 bits per heavy atom. The van der Waals surface area contributed by atoms with E-state index in [4.69, 9.17) is 18.0 Å². The molecule has 2 aromatic rings. The second-order valence-electron chi connectivity index (χ2n) is 4.36. The number of thioether (sulfide) groups is 1. The molecule has 0 saturated heterocycles. The molecule has 19 heavy (non-hydrogen) atoms. The number of hydrogen-bond acceptors (Lipinski definition) is 3. The van der Waals surface area contributed by atoms with Crippen LogP contribution in [-0.2, 0) is 13.0 Å². The lowest BCUT2D eigenvalue weighted by Crippen LogP contribution is -2.15. The predicted molar refractivity (Wildman–Crippen MR) is 87.8 cm³/mol. The van der Waals surface area contributed by atoms with Crippen molar-refractivity contribution < 1.29 is 0 Å². The Bertz CT molecular complexity index is 563. The zero-order valence-electron chi connectivity index (χ0n) is 11.1. The Morgan fingerprint density at radius 3 is 2.95 bits per heavy atom. The number of imidazole rings is 1. The Balaban J connectivity index is 2.23. The number of rotatable bonds is 7. The van der Waals surface area contributed by atoms with Crippen LogP contribution in [0, 0.1) is 0 Å². The molecule has 1 heterocycles. The highest BCUT2D eigenvalue weighted by Crippen LogP contribution is 2.17. The summed E-state index contributed by atoms with van der Waals surface area (Å²) in [5.74, 6) is 3.33. The number of nitrogens with zero attached hydrogens (tertiary/aromatic N) is 2. The zero-order valence-corrected chi connectivity index (χ0v) is 12.8. The van der Waals surface area contributed by atoms with Gasteiger partial charge in [-0.1, -0.05) is 31.3 Å². The molecule has 0 amide bonds. The van der Waals surface area contributed by atoms with Gasteiger partial charge in [-0.3, -0.25) is 0 Å². The monoisotopic (exact) mass is 293 g/mol. The fourth-order valence-corrected chi connectivity index (χ4v) is 2.89. The Labute approximate surface area is 123 Å². The minimum atomic E-state index is 0.500. The average molecular weight is 293 g/mol. The number of thiocarbonyl (C=S) groups is 1. The molecule has 5 heteroatoms. The number of aryl methyl sites for hydroxylation is 1. The van der Waals surface area contributed by atoms with Crippen LogP contribution in [0.25, 0.3) is 11.0 Å². The van der Waals surface area contributed by atoms with Crippen LogP contribution in [0.4, 0.5) is 0 Å². The van der Waals surface area contributed by atoms with Gasteiger partial charge in [-0.05, 0) is 30.1 Å². The zero-order chi connectivity index (χ0) is 13.7. The molecule has 102 valence electrons.